The van der Waals surface area contributed by atoms with E-state index >= 15 is 0 Å². The molecule has 0 saturated carbocycles. The Morgan fingerprint density at radius 2 is 1.77 bits per heavy atom. The van der Waals surface area contributed by atoms with Crippen LogP contribution >= 0.6 is 0 Å². The molecule has 0 atom stereocenters. The molecule has 0 bridgehead atoms. The third kappa shape index (κ3) is 7.46. The Morgan fingerprint density at radius 1 is 1.12 bits per heavy atom. The summed E-state index contributed by atoms with van der Waals surface area (Å²) in [6.07, 6.45) is 3.75. The number of unbranched alkanes of at least 4 members (excludes halogenated alkanes) is 1. The minimum Gasteiger partial charge on any atom is -0.459 e. The van der Waals surface area contributed by atoms with Crippen LogP contribution in [-0.2, 0) is 15.9 Å². The fourth-order valence-corrected chi connectivity index (χ4v) is 2.54. The van der Waals surface area contributed by atoms with Gasteiger partial charge in [0.25, 0.3) is 0 Å². The van der Waals surface area contributed by atoms with Gasteiger partial charge in [-0.15, -0.1) is 0 Å². The van der Waals surface area contributed by atoms with Gasteiger partial charge >= 0.3 is 12.1 Å². The largest absolute Gasteiger partial charge is 0.459 e. The number of amides is 1. The topological polar surface area (TPSA) is 64.6 Å². The molecule has 0 unspecified atom stereocenters. The highest BCUT2D eigenvalue weighted by Crippen LogP contribution is 2.21. The number of benzene rings is 1. The first kappa shape index (κ1) is 22.0. The fraction of sp³-hybridized carbons (Fsp3) is 0.619. The zero-order valence-corrected chi connectivity index (χ0v) is 17.0. The number of carbonyl (C=O) groups excluding carboxylic acids is 2. The first-order valence-electron chi connectivity index (χ1n) is 9.54. The fourth-order valence-electron chi connectivity index (χ4n) is 2.54. The van der Waals surface area contributed by atoms with Gasteiger partial charge in [-0.3, -0.25) is 5.32 Å². The van der Waals surface area contributed by atoms with Crippen LogP contribution in [-0.4, -0.2) is 23.8 Å². The van der Waals surface area contributed by atoms with Crippen molar-refractivity contribution in [2.45, 2.75) is 85.4 Å². The average Bonchev–Trinajstić information content (AvgIpc) is 2.55. The van der Waals surface area contributed by atoms with E-state index in [1.807, 2.05) is 40.7 Å². The van der Waals surface area contributed by atoms with Crippen molar-refractivity contribution in [3.8, 4) is 0 Å². The van der Waals surface area contributed by atoms with E-state index in [4.69, 9.17) is 9.47 Å². The Morgan fingerprint density at radius 3 is 2.31 bits per heavy atom. The van der Waals surface area contributed by atoms with Crippen molar-refractivity contribution in [1.29, 1.82) is 0 Å². The highest BCUT2D eigenvalue weighted by molar-refractivity contribution is 5.93. The van der Waals surface area contributed by atoms with Gasteiger partial charge in [0, 0.05) is 5.69 Å². The van der Waals surface area contributed by atoms with Crippen molar-refractivity contribution in [2.24, 2.45) is 0 Å². The summed E-state index contributed by atoms with van der Waals surface area (Å²) >= 11 is 0. The summed E-state index contributed by atoms with van der Waals surface area (Å²) in [4.78, 5) is 24.5. The number of rotatable bonds is 8. The van der Waals surface area contributed by atoms with E-state index in [1.54, 1.807) is 12.1 Å². The second-order valence-corrected chi connectivity index (χ2v) is 7.45. The summed E-state index contributed by atoms with van der Waals surface area (Å²) in [5, 5.41) is 2.73. The summed E-state index contributed by atoms with van der Waals surface area (Å²) in [7, 11) is 0. The number of carbonyl (C=O) groups is 2. The molecule has 0 aliphatic carbocycles. The number of hydrogen-bond acceptors (Lipinski definition) is 4. The third-order valence-corrected chi connectivity index (χ3v) is 3.95. The maximum atomic E-state index is 12.5. The second-order valence-electron chi connectivity index (χ2n) is 7.45. The zero-order valence-electron chi connectivity index (χ0n) is 17.0. The van der Waals surface area contributed by atoms with Crippen LogP contribution in [0.4, 0.5) is 10.5 Å². The number of anilines is 1. The summed E-state index contributed by atoms with van der Waals surface area (Å²) in [6, 6.07) is 5.27. The molecule has 0 radical (unpaired) electrons. The third-order valence-electron chi connectivity index (χ3n) is 3.95. The van der Waals surface area contributed by atoms with Crippen LogP contribution in [0, 0.1) is 0 Å². The van der Waals surface area contributed by atoms with E-state index in [-0.39, 0.29) is 12.1 Å². The van der Waals surface area contributed by atoms with Crippen LogP contribution in [0.2, 0.25) is 0 Å². The van der Waals surface area contributed by atoms with Crippen molar-refractivity contribution in [3.05, 3.63) is 29.3 Å². The Balaban J connectivity index is 2.98. The lowest BCUT2D eigenvalue weighted by Gasteiger charge is -2.20. The van der Waals surface area contributed by atoms with Crippen molar-refractivity contribution >= 4 is 17.7 Å². The second kappa shape index (κ2) is 10.2. The monoisotopic (exact) mass is 363 g/mol. The van der Waals surface area contributed by atoms with Crippen LogP contribution in [0.5, 0.6) is 0 Å². The molecule has 1 aromatic rings. The lowest BCUT2D eigenvalue weighted by Crippen LogP contribution is -2.27. The zero-order chi connectivity index (χ0) is 19.7. The molecule has 5 nitrogen and oxygen atoms in total. The van der Waals surface area contributed by atoms with Gasteiger partial charge in [-0.1, -0.05) is 27.2 Å². The van der Waals surface area contributed by atoms with Crippen LogP contribution in [0.3, 0.4) is 0 Å². The van der Waals surface area contributed by atoms with E-state index < -0.39 is 11.7 Å². The van der Waals surface area contributed by atoms with E-state index in [2.05, 4.69) is 12.2 Å². The normalized spacial score (nSPS) is 11.3. The number of nitrogens with one attached hydrogen (secondary N) is 1. The van der Waals surface area contributed by atoms with Gasteiger partial charge in [-0.25, -0.2) is 9.59 Å². The lowest BCUT2D eigenvalue weighted by molar-refractivity contribution is 0.0283. The summed E-state index contributed by atoms with van der Waals surface area (Å²) < 4.78 is 10.9. The minimum absolute atomic E-state index is 0.0684. The molecule has 0 aliphatic heterocycles. The first-order chi connectivity index (χ1) is 12.2. The summed E-state index contributed by atoms with van der Waals surface area (Å²) in [5.41, 5.74) is 1.51. The highest BCUT2D eigenvalue weighted by atomic mass is 16.6. The molecular formula is C21H33NO4. The van der Waals surface area contributed by atoms with Crippen LogP contribution < -0.4 is 5.32 Å². The molecule has 0 aliphatic rings. The molecule has 0 fully saturated rings. The van der Waals surface area contributed by atoms with Crippen LogP contribution in [0.25, 0.3) is 0 Å². The Kier molecular flexibility index (Phi) is 8.62. The molecule has 0 saturated heterocycles. The van der Waals surface area contributed by atoms with Gasteiger partial charge < -0.3 is 9.47 Å². The highest BCUT2D eigenvalue weighted by Gasteiger charge is 2.19. The van der Waals surface area contributed by atoms with E-state index in [9.17, 15) is 9.59 Å². The van der Waals surface area contributed by atoms with Crippen LogP contribution in [0.15, 0.2) is 18.2 Å². The quantitative estimate of drug-likeness (QED) is 0.600. The van der Waals surface area contributed by atoms with Crippen molar-refractivity contribution in [3.63, 3.8) is 0 Å². The Bertz CT molecular complexity index is 601. The molecule has 1 N–H and O–H groups in total. The maximum absolute atomic E-state index is 12.5. The molecule has 1 aromatic carbocycles. The number of aryl methyl sites for hydroxylation is 1. The van der Waals surface area contributed by atoms with Crippen molar-refractivity contribution < 1.29 is 19.1 Å². The first-order valence-corrected chi connectivity index (χ1v) is 9.54. The van der Waals surface area contributed by atoms with E-state index in [0.29, 0.717) is 11.3 Å². The molecule has 5 heteroatoms. The number of ether oxygens (including phenoxy) is 2. The van der Waals surface area contributed by atoms with Gasteiger partial charge in [-0.2, -0.15) is 0 Å². The summed E-state index contributed by atoms with van der Waals surface area (Å²) in [6.45, 7) is 11.6. The Labute approximate surface area is 157 Å². The molecule has 0 aromatic heterocycles. The standard InChI is InChI=1S/C21H33NO4/c1-7-10-11-15-14-16(22-20(24)26-21(4,5)6)12-13-18(15)19(23)25-17(8-2)9-3/h12-14,17H,7-11H2,1-6H3,(H,22,24). The van der Waals surface area contributed by atoms with E-state index in [1.165, 1.54) is 0 Å². The maximum Gasteiger partial charge on any atom is 0.412 e. The SMILES string of the molecule is CCCCc1cc(NC(=O)OC(C)(C)C)ccc1C(=O)OC(CC)CC. The van der Waals surface area contributed by atoms with E-state index in [0.717, 1.165) is 37.7 Å². The minimum atomic E-state index is -0.561. The molecule has 0 heterocycles. The van der Waals surface area contributed by atoms with Crippen LogP contribution in [0.1, 0.15) is 83.1 Å². The van der Waals surface area contributed by atoms with Crippen molar-refractivity contribution in [2.75, 3.05) is 5.32 Å². The summed E-state index contributed by atoms with van der Waals surface area (Å²) in [5.74, 6) is -0.298. The Hall–Kier alpha value is -2.04. The predicted molar refractivity (Wildman–Crippen MR) is 105 cm³/mol. The van der Waals surface area contributed by atoms with Gasteiger partial charge in [0.05, 0.1) is 5.56 Å². The lowest BCUT2D eigenvalue weighted by atomic mass is 10.0. The van der Waals surface area contributed by atoms with Gasteiger partial charge in [-0.05, 0) is 70.2 Å². The average molecular weight is 363 g/mol. The molecule has 1 amide bonds. The molecule has 26 heavy (non-hydrogen) atoms. The molecule has 1 rings (SSSR count). The smallest absolute Gasteiger partial charge is 0.412 e. The molecule has 146 valence electrons. The number of hydrogen-bond donors (Lipinski definition) is 1. The predicted octanol–water partition coefficient (Wildman–Crippen LogP) is 5.72. The van der Waals surface area contributed by atoms with Crippen molar-refractivity contribution in [1.82, 2.24) is 0 Å². The molecular weight excluding hydrogens is 330 g/mol. The number of esters is 1. The van der Waals surface area contributed by atoms with Gasteiger partial charge in [0.15, 0.2) is 0 Å². The molecule has 0 spiro atoms. The van der Waals surface area contributed by atoms with Gasteiger partial charge in [0.1, 0.15) is 11.7 Å². The van der Waals surface area contributed by atoms with Gasteiger partial charge in [0.2, 0.25) is 0 Å².